The lowest BCUT2D eigenvalue weighted by Gasteiger charge is -2.30. The Balaban J connectivity index is 1.66. The van der Waals surface area contributed by atoms with E-state index in [9.17, 15) is 0 Å². The summed E-state index contributed by atoms with van der Waals surface area (Å²) < 4.78 is 11.2. The first-order valence-electron chi connectivity index (χ1n) is 12.1. The molecular weight excluding hydrogens is 442 g/mol. The SMILES string of the molecule is C=CCNC(=S)N1N=C2C(=Cc3ccc(OCC)cc3)CCCC2C1c1ccc(OCC)cc1. The first-order valence-corrected chi connectivity index (χ1v) is 12.5. The molecule has 1 fully saturated rings. The van der Waals surface area contributed by atoms with Crippen LogP contribution in [0.3, 0.4) is 0 Å². The topological polar surface area (TPSA) is 46.1 Å². The van der Waals surface area contributed by atoms with E-state index in [1.54, 1.807) is 0 Å². The van der Waals surface area contributed by atoms with Crippen LogP contribution in [0.25, 0.3) is 6.08 Å². The minimum atomic E-state index is 0.0551. The summed E-state index contributed by atoms with van der Waals surface area (Å²) >= 11 is 5.76. The van der Waals surface area contributed by atoms with Gasteiger partial charge < -0.3 is 14.8 Å². The number of nitrogens with one attached hydrogen (secondary N) is 1. The number of nitrogens with zero attached hydrogens (tertiary/aromatic N) is 2. The van der Waals surface area contributed by atoms with Crippen LogP contribution in [-0.4, -0.2) is 35.6 Å². The maximum Gasteiger partial charge on any atom is 0.190 e. The molecule has 1 N–H and O–H groups in total. The maximum atomic E-state index is 5.76. The lowest BCUT2D eigenvalue weighted by molar-refractivity contribution is 0.300. The van der Waals surface area contributed by atoms with Crippen molar-refractivity contribution >= 4 is 29.1 Å². The third kappa shape index (κ3) is 5.33. The molecule has 2 aliphatic rings. The highest BCUT2D eigenvalue weighted by molar-refractivity contribution is 7.80. The van der Waals surface area contributed by atoms with Gasteiger partial charge in [0, 0.05) is 12.5 Å². The molecule has 0 radical (unpaired) electrons. The van der Waals surface area contributed by atoms with Gasteiger partial charge >= 0.3 is 0 Å². The highest BCUT2D eigenvalue weighted by Gasteiger charge is 2.42. The van der Waals surface area contributed by atoms with Crippen LogP contribution in [0.2, 0.25) is 0 Å². The zero-order chi connectivity index (χ0) is 23.9. The summed E-state index contributed by atoms with van der Waals surface area (Å²) in [5, 5.41) is 11.0. The fraction of sp³-hybridized carbons (Fsp3) is 0.357. The Bertz CT molecular complexity index is 1060. The van der Waals surface area contributed by atoms with Crippen LogP contribution < -0.4 is 14.8 Å². The number of benzene rings is 2. The van der Waals surface area contributed by atoms with Gasteiger partial charge in [0.05, 0.1) is 25.0 Å². The summed E-state index contributed by atoms with van der Waals surface area (Å²) in [5.41, 5.74) is 4.77. The van der Waals surface area contributed by atoms with E-state index in [2.05, 4.69) is 42.2 Å². The number of thiocarbonyl (C=S) groups is 1. The van der Waals surface area contributed by atoms with Crippen molar-refractivity contribution in [1.29, 1.82) is 0 Å². The van der Waals surface area contributed by atoms with Gasteiger partial charge in [0.1, 0.15) is 11.5 Å². The van der Waals surface area contributed by atoms with E-state index < -0.39 is 0 Å². The second kappa shape index (κ2) is 11.3. The van der Waals surface area contributed by atoms with Gasteiger partial charge in [-0.3, -0.25) is 0 Å². The predicted molar refractivity (Wildman–Crippen MR) is 143 cm³/mol. The summed E-state index contributed by atoms with van der Waals surface area (Å²) in [6.07, 6.45) is 7.29. The van der Waals surface area contributed by atoms with Gasteiger partial charge in [0.2, 0.25) is 0 Å². The molecule has 0 aromatic heterocycles. The molecule has 6 heteroatoms. The normalized spacial score (nSPS) is 20.5. The van der Waals surface area contributed by atoms with Crippen LogP contribution in [0, 0.1) is 5.92 Å². The van der Waals surface area contributed by atoms with E-state index in [1.165, 1.54) is 11.1 Å². The first kappa shape index (κ1) is 24.0. The van der Waals surface area contributed by atoms with Crippen LogP contribution in [-0.2, 0) is 0 Å². The molecule has 4 rings (SSSR count). The Morgan fingerprint density at radius 3 is 2.35 bits per heavy atom. The van der Waals surface area contributed by atoms with Crippen molar-refractivity contribution in [2.75, 3.05) is 19.8 Å². The van der Waals surface area contributed by atoms with Gasteiger partial charge in [-0.15, -0.1) is 6.58 Å². The summed E-state index contributed by atoms with van der Waals surface area (Å²) in [5.74, 6) is 2.05. The van der Waals surface area contributed by atoms with Gasteiger partial charge in [0.15, 0.2) is 5.11 Å². The molecule has 0 amide bonds. The zero-order valence-electron chi connectivity index (χ0n) is 20.0. The van der Waals surface area contributed by atoms with E-state index in [-0.39, 0.29) is 12.0 Å². The van der Waals surface area contributed by atoms with Crippen molar-refractivity contribution < 1.29 is 9.47 Å². The molecule has 0 saturated heterocycles. The van der Waals surface area contributed by atoms with Crippen molar-refractivity contribution in [3.8, 4) is 11.5 Å². The van der Waals surface area contributed by atoms with Crippen LogP contribution in [0.4, 0.5) is 0 Å². The summed E-state index contributed by atoms with van der Waals surface area (Å²) in [7, 11) is 0. The molecule has 1 saturated carbocycles. The fourth-order valence-electron chi connectivity index (χ4n) is 4.70. The van der Waals surface area contributed by atoms with Crippen LogP contribution >= 0.6 is 12.2 Å². The number of hydrogen-bond acceptors (Lipinski definition) is 4. The van der Waals surface area contributed by atoms with Gasteiger partial charge in [-0.1, -0.05) is 30.3 Å². The van der Waals surface area contributed by atoms with Crippen LogP contribution in [0.1, 0.15) is 50.3 Å². The highest BCUT2D eigenvalue weighted by Crippen LogP contribution is 2.44. The molecule has 2 aromatic rings. The van der Waals surface area contributed by atoms with E-state index in [0.717, 1.165) is 42.0 Å². The van der Waals surface area contributed by atoms with E-state index in [1.807, 2.05) is 49.2 Å². The van der Waals surface area contributed by atoms with Crippen LogP contribution in [0.15, 0.2) is 71.9 Å². The number of hydrazone groups is 1. The number of fused-ring (bicyclic) bond motifs is 1. The molecule has 1 aliphatic carbocycles. The Kier molecular flexibility index (Phi) is 8.01. The summed E-state index contributed by atoms with van der Waals surface area (Å²) in [4.78, 5) is 0. The largest absolute Gasteiger partial charge is 0.494 e. The number of rotatable bonds is 8. The number of ether oxygens (including phenoxy) is 2. The molecule has 0 spiro atoms. The third-order valence-electron chi connectivity index (χ3n) is 6.17. The monoisotopic (exact) mass is 475 g/mol. The third-order valence-corrected chi connectivity index (χ3v) is 6.50. The van der Waals surface area contributed by atoms with E-state index in [4.69, 9.17) is 26.8 Å². The van der Waals surface area contributed by atoms with Gasteiger partial charge in [-0.25, -0.2) is 5.01 Å². The molecule has 2 atom stereocenters. The molecule has 178 valence electrons. The second-order valence-corrected chi connectivity index (χ2v) is 8.81. The predicted octanol–water partition coefficient (Wildman–Crippen LogP) is 6.14. The Morgan fingerprint density at radius 2 is 1.74 bits per heavy atom. The first-order chi connectivity index (χ1) is 16.6. The van der Waals surface area contributed by atoms with Gasteiger partial charge in [-0.2, -0.15) is 5.10 Å². The molecule has 34 heavy (non-hydrogen) atoms. The van der Waals surface area contributed by atoms with Crippen molar-refractivity contribution in [3.05, 3.63) is 77.9 Å². The highest BCUT2D eigenvalue weighted by atomic mass is 32.1. The molecule has 1 aliphatic heterocycles. The Labute approximate surface area is 208 Å². The quantitative estimate of drug-likeness (QED) is 0.367. The van der Waals surface area contributed by atoms with Crippen molar-refractivity contribution in [3.63, 3.8) is 0 Å². The average Bonchev–Trinajstić information content (AvgIpc) is 3.25. The van der Waals surface area contributed by atoms with Crippen molar-refractivity contribution in [2.24, 2.45) is 11.0 Å². The smallest absolute Gasteiger partial charge is 0.190 e. The maximum absolute atomic E-state index is 5.76. The average molecular weight is 476 g/mol. The molecular formula is C28H33N3O2S. The minimum absolute atomic E-state index is 0.0551. The molecule has 1 heterocycles. The Morgan fingerprint density at radius 1 is 1.09 bits per heavy atom. The van der Waals surface area contributed by atoms with Crippen molar-refractivity contribution in [1.82, 2.24) is 10.3 Å². The van der Waals surface area contributed by atoms with Crippen molar-refractivity contribution in [2.45, 2.75) is 39.2 Å². The number of allylic oxidation sites excluding steroid dienone is 1. The molecule has 2 unspecified atom stereocenters. The summed E-state index contributed by atoms with van der Waals surface area (Å²) in [6, 6.07) is 16.7. The van der Waals surface area contributed by atoms with Gasteiger partial charge in [0.25, 0.3) is 0 Å². The van der Waals surface area contributed by atoms with Crippen LogP contribution in [0.5, 0.6) is 11.5 Å². The second-order valence-electron chi connectivity index (χ2n) is 8.42. The zero-order valence-corrected chi connectivity index (χ0v) is 20.8. The lowest BCUT2D eigenvalue weighted by atomic mass is 9.77. The fourth-order valence-corrected chi connectivity index (χ4v) is 4.94. The summed E-state index contributed by atoms with van der Waals surface area (Å²) in [6.45, 7) is 9.73. The van der Waals surface area contributed by atoms with E-state index in [0.29, 0.717) is 24.9 Å². The van der Waals surface area contributed by atoms with Gasteiger partial charge in [-0.05, 0) is 92.4 Å². The standard InChI is InChI=1S/C28H33N3O2S/c1-4-18-29-28(34)31-27(21-12-16-24(17-13-21)33-6-3)25-9-7-8-22(26(25)30-31)19-20-10-14-23(15-11-20)32-5-2/h4,10-17,19,25,27H,1,5-9,18H2,2-3H3,(H,29,34). The molecule has 5 nitrogen and oxygen atoms in total. The number of hydrogen-bond donors (Lipinski definition) is 1. The molecule has 0 bridgehead atoms. The molecule has 2 aromatic carbocycles. The van der Waals surface area contributed by atoms with E-state index >= 15 is 0 Å². The Hall–Kier alpha value is -3.12. The minimum Gasteiger partial charge on any atom is -0.494 e. The lowest BCUT2D eigenvalue weighted by Crippen LogP contribution is -2.38.